The van der Waals surface area contributed by atoms with E-state index in [9.17, 15) is 4.79 Å². The van der Waals surface area contributed by atoms with Crippen molar-refractivity contribution in [1.82, 2.24) is 25.0 Å². The Morgan fingerprint density at radius 2 is 2.38 bits per heavy atom. The van der Waals surface area contributed by atoms with Gasteiger partial charge in [-0.05, 0) is 36.5 Å². The number of pyridine rings is 1. The van der Waals surface area contributed by atoms with Crippen LogP contribution in [0.1, 0.15) is 12.0 Å². The van der Waals surface area contributed by atoms with Crippen molar-refractivity contribution in [1.29, 1.82) is 0 Å². The molecule has 0 aliphatic carbocycles. The molecular weight excluding hydrogens is 306 g/mol. The molecule has 0 aromatic carbocycles. The van der Waals surface area contributed by atoms with Crippen LogP contribution in [0.2, 0.25) is 0 Å². The summed E-state index contributed by atoms with van der Waals surface area (Å²) < 4.78 is 7.33. The molecule has 2 aromatic rings. The average molecular weight is 329 g/mol. The van der Waals surface area contributed by atoms with Gasteiger partial charge in [0.25, 0.3) is 0 Å². The summed E-state index contributed by atoms with van der Waals surface area (Å²) in [6.07, 6.45) is 9.31. The van der Waals surface area contributed by atoms with Crippen molar-refractivity contribution in [3.05, 3.63) is 42.5 Å². The Hall–Kier alpha value is -2.57. The molecule has 2 aromatic heterocycles. The Kier molecular flexibility index (Phi) is 5.30. The van der Waals surface area contributed by atoms with E-state index in [-0.39, 0.29) is 6.03 Å². The van der Waals surface area contributed by atoms with Gasteiger partial charge in [-0.25, -0.2) is 4.79 Å². The fourth-order valence-electron chi connectivity index (χ4n) is 2.97. The second-order valence-corrected chi connectivity index (χ2v) is 6.10. The SMILES string of the molecule is Cn1cc(C[C@@H]2CCN(C(=O)NCCOc3cccnc3)C2)cn1. The fourth-order valence-corrected chi connectivity index (χ4v) is 2.97. The normalized spacial score (nSPS) is 17.0. The first-order valence-electron chi connectivity index (χ1n) is 8.24. The van der Waals surface area contributed by atoms with Gasteiger partial charge in [-0.3, -0.25) is 9.67 Å². The molecule has 0 saturated carbocycles. The monoisotopic (exact) mass is 329 g/mol. The van der Waals surface area contributed by atoms with Gasteiger partial charge in [-0.15, -0.1) is 0 Å². The van der Waals surface area contributed by atoms with Gasteiger partial charge in [-0.2, -0.15) is 5.10 Å². The number of urea groups is 1. The molecule has 0 unspecified atom stereocenters. The maximum atomic E-state index is 12.2. The average Bonchev–Trinajstić information content (AvgIpc) is 3.22. The molecule has 1 N–H and O–H groups in total. The topological polar surface area (TPSA) is 72.3 Å². The summed E-state index contributed by atoms with van der Waals surface area (Å²) in [6, 6.07) is 3.65. The minimum atomic E-state index is -0.0153. The molecule has 24 heavy (non-hydrogen) atoms. The number of aryl methyl sites for hydroxylation is 1. The minimum absolute atomic E-state index is 0.0153. The summed E-state index contributed by atoms with van der Waals surface area (Å²) in [5, 5.41) is 7.10. The van der Waals surface area contributed by atoms with E-state index in [0.717, 1.165) is 25.9 Å². The highest BCUT2D eigenvalue weighted by Gasteiger charge is 2.26. The lowest BCUT2D eigenvalue weighted by Crippen LogP contribution is -2.40. The molecule has 1 aliphatic rings. The number of nitrogens with one attached hydrogen (secondary N) is 1. The molecule has 3 heterocycles. The quantitative estimate of drug-likeness (QED) is 0.815. The number of rotatable bonds is 6. The predicted octanol–water partition coefficient (Wildman–Crippen LogP) is 1.47. The summed E-state index contributed by atoms with van der Waals surface area (Å²) in [5.74, 6) is 1.22. The Balaban J connectivity index is 1.35. The van der Waals surface area contributed by atoms with Crippen molar-refractivity contribution in [3.63, 3.8) is 0 Å². The van der Waals surface area contributed by atoms with Gasteiger partial charge in [-0.1, -0.05) is 0 Å². The zero-order valence-corrected chi connectivity index (χ0v) is 13.9. The summed E-state index contributed by atoms with van der Waals surface area (Å²) >= 11 is 0. The van der Waals surface area contributed by atoms with Crippen LogP contribution < -0.4 is 10.1 Å². The maximum absolute atomic E-state index is 12.2. The maximum Gasteiger partial charge on any atom is 0.317 e. The van der Waals surface area contributed by atoms with Gasteiger partial charge < -0.3 is 15.0 Å². The highest BCUT2D eigenvalue weighted by molar-refractivity contribution is 5.74. The summed E-state index contributed by atoms with van der Waals surface area (Å²) in [6.45, 7) is 2.52. The van der Waals surface area contributed by atoms with E-state index >= 15 is 0 Å². The number of carbonyl (C=O) groups excluding carboxylic acids is 1. The third-order valence-corrected chi connectivity index (χ3v) is 4.14. The molecule has 7 heteroatoms. The number of hydrogen-bond donors (Lipinski definition) is 1. The summed E-state index contributed by atoms with van der Waals surface area (Å²) in [5.41, 5.74) is 1.23. The van der Waals surface area contributed by atoms with E-state index in [2.05, 4.69) is 15.4 Å². The molecule has 0 spiro atoms. The van der Waals surface area contributed by atoms with Crippen LogP contribution in [0.25, 0.3) is 0 Å². The van der Waals surface area contributed by atoms with Crippen LogP contribution in [0, 0.1) is 5.92 Å². The van der Waals surface area contributed by atoms with Gasteiger partial charge in [0.05, 0.1) is 18.9 Å². The Bertz CT molecular complexity index is 658. The second-order valence-electron chi connectivity index (χ2n) is 6.10. The van der Waals surface area contributed by atoms with Crippen molar-refractivity contribution in [2.24, 2.45) is 13.0 Å². The van der Waals surface area contributed by atoms with Crippen LogP contribution in [0.4, 0.5) is 4.79 Å². The number of ether oxygens (including phenoxy) is 1. The van der Waals surface area contributed by atoms with Crippen molar-refractivity contribution in [3.8, 4) is 5.75 Å². The highest BCUT2D eigenvalue weighted by Crippen LogP contribution is 2.20. The molecule has 3 rings (SSSR count). The lowest BCUT2D eigenvalue weighted by atomic mass is 10.0. The van der Waals surface area contributed by atoms with Crippen molar-refractivity contribution in [2.45, 2.75) is 12.8 Å². The molecule has 0 radical (unpaired) electrons. The number of hydrogen-bond acceptors (Lipinski definition) is 4. The zero-order chi connectivity index (χ0) is 16.8. The Morgan fingerprint density at radius 1 is 1.46 bits per heavy atom. The number of nitrogens with zero attached hydrogens (tertiary/aromatic N) is 4. The third-order valence-electron chi connectivity index (χ3n) is 4.14. The number of carbonyl (C=O) groups is 1. The van der Waals surface area contributed by atoms with Gasteiger partial charge in [0.1, 0.15) is 12.4 Å². The zero-order valence-electron chi connectivity index (χ0n) is 13.9. The third kappa shape index (κ3) is 4.47. The van der Waals surface area contributed by atoms with Crippen LogP contribution in [-0.4, -0.2) is 51.9 Å². The molecule has 7 nitrogen and oxygen atoms in total. The Labute approximate surface area is 141 Å². The first kappa shape index (κ1) is 16.3. The van der Waals surface area contributed by atoms with E-state index in [1.165, 1.54) is 5.56 Å². The van der Waals surface area contributed by atoms with Gasteiger partial charge in [0.15, 0.2) is 0 Å². The predicted molar refractivity (Wildman–Crippen MR) is 89.7 cm³/mol. The van der Waals surface area contributed by atoms with Crippen molar-refractivity contribution < 1.29 is 9.53 Å². The van der Waals surface area contributed by atoms with Gasteiger partial charge in [0, 0.05) is 32.5 Å². The van der Waals surface area contributed by atoms with Crippen LogP contribution in [-0.2, 0) is 13.5 Å². The van der Waals surface area contributed by atoms with E-state index < -0.39 is 0 Å². The number of likely N-dealkylation sites (tertiary alicyclic amines) is 1. The number of aromatic nitrogens is 3. The Morgan fingerprint density at radius 3 is 3.12 bits per heavy atom. The van der Waals surface area contributed by atoms with Gasteiger partial charge in [0.2, 0.25) is 0 Å². The van der Waals surface area contributed by atoms with E-state index in [1.807, 2.05) is 41.2 Å². The lowest BCUT2D eigenvalue weighted by Gasteiger charge is -2.17. The van der Waals surface area contributed by atoms with Crippen molar-refractivity contribution >= 4 is 6.03 Å². The standard InChI is InChI=1S/C17H23N5O2/c1-21-12-15(10-20-21)9-14-4-7-22(13-14)17(23)19-6-8-24-16-3-2-5-18-11-16/h2-3,5,10-12,14H,4,6-9,13H2,1H3,(H,19,23)/t14-/m0/s1. The molecule has 128 valence electrons. The van der Waals surface area contributed by atoms with Crippen LogP contribution in [0.15, 0.2) is 36.9 Å². The van der Waals surface area contributed by atoms with E-state index in [4.69, 9.17) is 4.74 Å². The van der Waals surface area contributed by atoms with Crippen LogP contribution in [0.5, 0.6) is 5.75 Å². The molecule has 1 fully saturated rings. The van der Waals surface area contributed by atoms with E-state index in [0.29, 0.717) is 24.8 Å². The largest absolute Gasteiger partial charge is 0.490 e. The fraction of sp³-hybridized carbons (Fsp3) is 0.471. The first-order valence-corrected chi connectivity index (χ1v) is 8.24. The lowest BCUT2D eigenvalue weighted by molar-refractivity contribution is 0.203. The summed E-state index contributed by atoms with van der Waals surface area (Å²) in [4.78, 5) is 18.0. The van der Waals surface area contributed by atoms with Crippen LogP contribution >= 0.6 is 0 Å². The molecule has 1 atom stereocenters. The highest BCUT2D eigenvalue weighted by atomic mass is 16.5. The van der Waals surface area contributed by atoms with Gasteiger partial charge >= 0.3 is 6.03 Å². The van der Waals surface area contributed by atoms with E-state index in [1.54, 1.807) is 12.4 Å². The first-order chi connectivity index (χ1) is 11.7. The summed E-state index contributed by atoms with van der Waals surface area (Å²) in [7, 11) is 1.92. The molecule has 1 saturated heterocycles. The van der Waals surface area contributed by atoms with Crippen molar-refractivity contribution in [2.75, 3.05) is 26.2 Å². The minimum Gasteiger partial charge on any atom is -0.490 e. The number of amides is 2. The second kappa shape index (κ2) is 7.81. The van der Waals surface area contributed by atoms with Crippen LogP contribution in [0.3, 0.4) is 0 Å². The molecule has 2 amide bonds. The molecule has 0 bridgehead atoms. The molecular formula is C17H23N5O2. The smallest absolute Gasteiger partial charge is 0.317 e. The molecule has 1 aliphatic heterocycles.